The molecule has 1 fully saturated rings. The summed E-state index contributed by atoms with van der Waals surface area (Å²) in [6.45, 7) is 4.40. The molecule has 2 heterocycles. The Hall–Kier alpha value is -1.20. The number of rotatable bonds is 7. The summed E-state index contributed by atoms with van der Waals surface area (Å²) in [4.78, 5) is 2.28. The summed E-state index contributed by atoms with van der Waals surface area (Å²) in [7, 11) is 0. The van der Waals surface area contributed by atoms with Crippen molar-refractivity contribution >= 4 is 5.57 Å². The van der Waals surface area contributed by atoms with Crippen LogP contribution in [0.3, 0.4) is 0 Å². The molecule has 1 aromatic rings. The zero-order chi connectivity index (χ0) is 15.9. The van der Waals surface area contributed by atoms with Gasteiger partial charge in [-0.15, -0.1) is 0 Å². The van der Waals surface area contributed by atoms with Crippen LogP contribution in [0.1, 0.15) is 24.8 Å². The third-order valence-electron chi connectivity index (χ3n) is 4.54. The van der Waals surface area contributed by atoms with E-state index in [0.717, 1.165) is 39.0 Å². The van der Waals surface area contributed by atoms with Gasteiger partial charge in [-0.25, -0.2) is 0 Å². The van der Waals surface area contributed by atoms with Gasteiger partial charge in [0.1, 0.15) is 0 Å². The number of benzene rings is 1. The molecular formula is C19H27NO3. The molecular weight excluding hydrogens is 290 g/mol. The topological polar surface area (TPSA) is 41.9 Å². The van der Waals surface area contributed by atoms with Crippen LogP contribution in [-0.2, 0) is 9.47 Å². The fourth-order valence-electron chi connectivity index (χ4n) is 3.25. The van der Waals surface area contributed by atoms with E-state index in [4.69, 9.17) is 9.47 Å². The smallest absolute Gasteiger partial charge is 0.0900 e. The van der Waals surface area contributed by atoms with Crippen LogP contribution in [0.25, 0.3) is 5.57 Å². The maximum absolute atomic E-state index is 10.1. The first-order valence-corrected chi connectivity index (χ1v) is 8.65. The quantitative estimate of drug-likeness (QED) is 0.838. The molecule has 23 heavy (non-hydrogen) atoms. The lowest BCUT2D eigenvalue weighted by molar-refractivity contribution is -0.0244. The van der Waals surface area contributed by atoms with E-state index < -0.39 is 6.10 Å². The van der Waals surface area contributed by atoms with Crippen molar-refractivity contribution in [2.45, 2.75) is 31.5 Å². The molecule has 0 aliphatic carbocycles. The van der Waals surface area contributed by atoms with E-state index in [1.807, 2.05) is 6.07 Å². The van der Waals surface area contributed by atoms with Crippen molar-refractivity contribution in [3.05, 3.63) is 42.0 Å². The summed E-state index contributed by atoms with van der Waals surface area (Å²) in [6.07, 6.45) is 5.32. The lowest BCUT2D eigenvalue weighted by Crippen LogP contribution is -2.37. The van der Waals surface area contributed by atoms with E-state index in [2.05, 4.69) is 35.2 Å². The number of ether oxygens (including phenoxy) is 2. The second-order valence-corrected chi connectivity index (χ2v) is 6.43. The summed E-state index contributed by atoms with van der Waals surface area (Å²) in [5, 5.41) is 10.1. The first kappa shape index (κ1) is 16.7. The van der Waals surface area contributed by atoms with Crippen molar-refractivity contribution in [2.75, 3.05) is 39.5 Å². The monoisotopic (exact) mass is 317 g/mol. The summed E-state index contributed by atoms with van der Waals surface area (Å²) in [6, 6.07) is 10.5. The average molecular weight is 317 g/mol. The molecule has 0 saturated carbocycles. The Morgan fingerprint density at radius 1 is 1.30 bits per heavy atom. The van der Waals surface area contributed by atoms with E-state index in [1.165, 1.54) is 11.1 Å². The number of β-amino-alcohol motifs (C(OH)–C–C–N with tert-alkyl or cyclic N) is 1. The van der Waals surface area contributed by atoms with Crippen LogP contribution in [0.4, 0.5) is 0 Å². The van der Waals surface area contributed by atoms with Crippen molar-refractivity contribution in [1.29, 1.82) is 0 Å². The Labute approximate surface area is 138 Å². The second-order valence-electron chi connectivity index (χ2n) is 6.43. The highest BCUT2D eigenvalue weighted by Gasteiger charge is 2.18. The predicted molar refractivity (Wildman–Crippen MR) is 91.3 cm³/mol. The molecule has 0 unspecified atom stereocenters. The minimum atomic E-state index is -0.428. The minimum absolute atomic E-state index is 0.230. The Bertz CT molecular complexity index is 497. The van der Waals surface area contributed by atoms with E-state index in [0.29, 0.717) is 19.8 Å². The van der Waals surface area contributed by atoms with Gasteiger partial charge in [0.2, 0.25) is 0 Å². The van der Waals surface area contributed by atoms with Gasteiger partial charge >= 0.3 is 0 Å². The molecule has 0 spiro atoms. The average Bonchev–Trinajstić information content (AvgIpc) is 3.10. The zero-order valence-electron chi connectivity index (χ0n) is 13.7. The Balaban J connectivity index is 1.37. The first-order valence-electron chi connectivity index (χ1n) is 8.65. The fourth-order valence-corrected chi connectivity index (χ4v) is 3.25. The van der Waals surface area contributed by atoms with Gasteiger partial charge in [-0.05, 0) is 30.4 Å². The molecule has 0 bridgehead atoms. The standard InChI is InChI=1S/C19H27NO3/c21-18(14-22-15-19-7-4-12-23-19)13-20-10-8-17(9-11-20)16-5-2-1-3-6-16/h1-3,5-6,8,18-19,21H,4,7,9-15H2/t18-,19-/m1/s1. The molecule has 0 radical (unpaired) electrons. The largest absolute Gasteiger partial charge is 0.389 e. The SMILES string of the molecule is O[C@@H](COC[C@H]1CCCO1)CN1CC=C(c2ccccc2)CC1. The van der Waals surface area contributed by atoms with Crippen molar-refractivity contribution in [2.24, 2.45) is 0 Å². The summed E-state index contributed by atoms with van der Waals surface area (Å²) in [5.74, 6) is 0. The van der Waals surface area contributed by atoms with Crippen LogP contribution in [0.15, 0.2) is 36.4 Å². The first-order chi connectivity index (χ1) is 11.3. The Morgan fingerprint density at radius 2 is 2.17 bits per heavy atom. The van der Waals surface area contributed by atoms with E-state index in [1.54, 1.807) is 0 Å². The van der Waals surface area contributed by atoms with E-state index in [-0.39, 0.29) is 6.10 Å². The fraction of sp³-hybridized carbons (Fsp3) is 0.579. The maximum atomic E-state index is 10.1. The molecule has 2 aliphatic rings. The highest BCUT2D eigenvalue weighted by molar-refractivity contribution is 5.66. The summed E-state index contributed by atoms with van der Waals surface area (Å²) >= 11 is 0. The van der Waals surface area contributed by atoms with Gasteiger partial charge in [-0.1, -0.05) is 36.4 Å². The van der Waals surface area contributed by atoms with Gasteiger partial charge in [0.25, 0.3) is 0 Å². The molecule has 1 aromatic carbocycles. The number of nitrogens with zero attached hydrogens (tertiary/aromatic N) is 1. The van der Waals surface area contributed by atoms with E-state index in [9.17, 15) is 5.11 Å². The molecule has 4 heteroatoms. The summed E-state index contributed by atoms with van der Waals surface area (Å²) in [5.41, 5.74) is 2.72. The maximum Gasteiger partial charge on any atom is 0.0900 e. The van der Waals surface area contributed by atoms with E-state index >= 15 is 0 Å². The summed E-state index contributed by atoms with van der Waals surface area (Å²) < 4.78 is 11.1. The Morgan fingerprint density at radius 3 is 2.87 bits per heavy atom. The Kier molecular flexibility index (Phi) is 6.22. The number of hydrogen-bond acceptors (Lipinski definition) is 4. The molecule has 1 saturated heterocycles. The van der Waals surface area contributed by atoms with Gasteiger partial charge in [-0.3, -0.25) is 4.90 Å². The van der Waals surface area contributed by atoms with Crippen molar-refractivity contribution in [1.82, 2.24) is 4.90 Å². The molecule has 126 valence electrons. The van der Waals surface area contributed by atoms with Crippen LogP contribution >= 0.6 is 0 Å². The third-order valence-corrected chi connectivity index (χ3v) is 4.54. The zero-order valence-corrected chi connectivity index (χ0v) is 13.7. The predicted octanol–water partition coefficient (Wildman–Crippen LogP) is 2.33. The molecule has 0 amide bonds. The molecule has 2 aliphatic heterocycles. The highest BCUT2D eigenvalue weighted by Crippen LogP contribution is 2.22. The van der Waals surface area contributed by atoms with Crippen molar-refractivity contribution < 1.29 is 14.6 Å². The van der Waals surface area contributed by atoms with Gasteiger partial charge in [0.05, 0.1) is 25.4 Å². The van der Waals surface area contributed by atoms with Crippen molar-refractivity contribution in [3.63, 3.8) is 0 Å². The van der Waals surface area contributed by atoms with Gasteiger partial charge < -0.3 is 14.6 Å². The van der Waals surface area contributed by atoms with Crippen LogP contribution in [0.2, 0.25) is 0 Å². The van der Waals surface area contributed by atoms with Crippen LogP contribution in [-0.4, -0.2) is 61.7 Å². The highest BCUT2D eigenvalue weighted by atomic mass is 16.5. The lowest BCUT2D eigenvalue weighted by Gasteiger charge is -2.28. The van der Waals surface area contributed by atoms with Crippen LogP contribution < -0.4 is 0 Å². The second kappa shape index (κ2) is 8.60. The van der Waals surface area contributed by atoms with Gasteiger partial charge in [-0.2, -0.15) is 0 Å². The molecule has 3 rings (SSSR count). The van der Waals surface area contributed by atoms with Crippen LogP contribution in [0.5, 0.6) is 0 Å². The van der Waals surface area contributed by atoms with Gasteiger partial charge in [0.15, 0.2) is 0 Å². The molecule has 4 nitrogen and oxygen atoms in total. The van der Waals surface area contributed by atoms with Crippen molar-refractivity contribution in [3.8, 4) is 0 Å². The minimum Gasteiger partial charge on any atom is -0.389 e. The normalized spacial score (nSPS) is 23.7. The molecule has 1 N–H and O–H groups in total. The number of aliphatic hydroxyl groups excluding tert-OH is 1. The number of hydrogen-bond donors (Lipinski definition) is 1. The molecule has 2 atom stereocenters. The number of aliphatic hydroxyl groups is 1. The third kappa shape index (κ3) is 5.15. The molecule has 0 aromatic heterocycles. The lowest BCUT2D eigenvalue weighted by atomic mass is 9.99. The van der Waals surface area contributed by atoms with Gasteiger partial charge in [0, 0.05) is 26.2 Å². The van der Waals surface area contributed by atoms with Crippen LogP contribution in [0, 0.1) is 0 Å².